The number of nitrogens with one attached hydrogen (secondary N) is 1. The Hall–Kier alpha value is -2.54. The van der Waals surface area contributed by atoms with Crippen LogP contribution in [0.3, 0.4) is 0 Å². The fraction of sp³-hybridized carbons (Fsp3) is 0.235. The molecule has 8 heteroatoms. The van der Waals surface area contributed by atoms with Crippen molar-refractivity contribution >= 4 is 23.2 Å². The molecule has 0 radical (unpaired) electrons. The van der Waals surface area contributed by atoms with Gasteiger partial charge in [0, 0.05) is 11.3 Å². The van der Waals surface area contributed by atoms with Crippen molar-refractivity contribution < 1.29 is 18.3 Å². The van der Waals surface area contributed by atoms with Crippen LogP contribution in [0.25, 0.3) is 0 Å². The van der Waals surface area contributed by atoms with Gasteiger partial charge in [0.2, 0.25) is 0 Å². The van der Waals surface area contributed by atoms with Crippen molar-refractivity contribution in [3.8, 4) is 11.5 Å². The number of anilines is 1. The number of rotatable bonds is 6. The largest absolute Gasteiger partial charge is 0.495 e. The molecule has 0 atom stereocenters. The number of hydrogen-bond donors (Lipinski definition) is 2. The summed E-state index contributed by atoms with van der Waals surface area (Å²) in [5.74, 6) is 0.728. The average molecular weight is 370 g/mol. The van der Waals surface area contributed by atoms with Crippen molar-refractivity contribution in [2.45, 2.75) is 20.1 Å². The van der Waals surface area contributed by atoms with Crippen LogP contribution in [-0.2, 0) is 6.54 Å². The van der Waals surface area contributed by atoms with Crippen LogP contribution in [0, 0.1) is 6.92 Å². The molecule has 0 amide bonds. The molecular formula is C17H18ClF2N3O2. The molecule has 0 spiro atoms. The number of hydrogen-bond acceptors (Lipinski definition) is 3. The van der Waals surface area contributed by atoms with Crippen LogP contribution in [0.15, 0.2) is 41.4 Å². The minimum absolute atomic E-state index is 0.0737. The van der Waals surface area contributed by atoms with Gasteiger partial charge in [0.05, 0.1) is 18.7 Å². The Bertz CT molecular complexity index is 770. The zero-order valence-electron chi connectivity index (χ0n) is 13.7. The second kappa shape index (κ2) is 8.53. The summed E-state index contributed by atoms with van der Waals surface area (Å²) < 4.78 is 34.5. The Morgan fingerprint density at radius 1 is 1.24 bits per heavy atom. The maximum absolute atomic E-state index is 12.5. The molecule has 0 aliphatic heterocycles. The van der Waals surface area contributed by atoms with E-state index < -0.39 is 6.61 Å². The summed E-state index contributed by atoms with van der Waals surface area (Å²) in [5, 5.41) is 3.30. The van der Waals surface area contributed by atoms with E-state index in [1.165, 1.54) is 13.2 Å². The van der Waals surface area contributed by atoms with Gasteiger partial charge in [-0.1, -0.05) is 29.3 Å². The first-order chi connectivity index (χ1) is 11.9. The number of aliphatic imine (C=N–C) groups is 1. The highest BCUT2D eigenvalue weighted by atomic mass is 35.5. The first-order valence-corrected chi connectivity index (χ1v) is 7.71. The zero-order valence-corrected chi connectivity index (χ0v) is 14.5. The van der Waals surface area contributed by atoms with E-state index >= 15 is 0 Å². The molecule has 0 aromatic heterocycles. The van der Waals surface area contributed by atoms with Crippen LogP contribution >= 0.6 is 11.6 Å². The monoisotopic (exact) mass is 369 g/mol. The third-order valence-electron chi connectivity index (χ3n) is 3.28. The van der Waals surface area contributed by atoms with Gasteiger partial charge in [0.25, 0.3) is 0 Å². The van der Waals surface area contributed by atoms with E-state index in [2.05, 4.69) is 15.0 Å². The van der Waals surface area contributed by atoms with Gasteiger partial charge in [-0.15, -0.1) is 0 Å². The molecule has 0 aliphatic carbocycles. The van der Waals surface area contributed by atoms with Crippen LogP contribution in [0.1, 0.15) is 11.1 Å². The first-order valence-electron chi connectivity index (χ1n) is 7.34. The summed E-state index contributed by atoms with van der Waals surface area (Å²) in [7, 11) is 1.52. The lowest BCUT2D eigenvalue weighted by atomic mass is 10.1. The smallest absolute Gasteiger partial charge is 0.387 e. The molecule has 5 nitrogen and oxygen atoms in total. The van der Waals surface area contributed by atoms with Gasteiger partial charge in [-0.2, -0.15) is 8.78 Å². The van der Waals surface area contributed by atoms with Gasteiger partial charge >= 0.3 is 6.61 Å². The molecule has 0 saturated heterocycles. The fourth-order valence-electron chi connectivity index (χ4n) is 2.14. The van der Waals surface area contributed by atoms with Crippen molar-refractivity contribution in [3.63, 3.8) is 0 Å². The minimum atomic E-state index is -2.90. The van der Waals surface area contributed by atoms with E-state index in [-0.39, 0.29) is 18.3 Å². The maximum atomic E-state index is 12.5. The SMILES string of the molecule is COc1ccc(NC(N)=NCc2cc(C)ccc2OC(F)F)cc1Cl. The van der Waals surface area contributed by atoms with Gasteiger partial charge in [-0.3, -0.25) is 0 Å². The van der Waals surface area contributed by atoms with Gasteiger partial charge in [0.1, 0.15) is 11.5 Å². The number of alkyl halides is 2. The van der Waals surface area contributed by atoms with Crippen LogP contribution in [0.4, 0.5) is 14.5 Å². The van der Waals surface area contributed by atoms with Gasteiger partial charge in [0.15, 0.2) is 5.96 Å². The van der Waals surface area contributed by atoms with Crippen molar-refractivity contribution in [1.29, 1.82) is 0 Å². The Labute approximate surface area is 149 Å². The molecule has 2 aromatic carbocycles. The molecule has 134 valence electrons. The van der Waals surface area contributed by atoms with Gasteiger partial charge in [-0.05, 0) is 31.2 Å². The number of halogens is 3. The van der Waals surface area contributed by atoms with Crippen LogP contribution < -0.4 is 20.5 Å². The van der Waals surface area contributed by atoms with E-state index in [0.29, 0.717) is 22.0 Å². The highest BCUT2D eigenvalue weighted by Crippen LogP contribution is 2.27. The van der Waals surface area contributed by atoms with E-state index in [0.717, 1.165) is 5.56 Å². The lowest BCUT2D eigenvalue weighted by molar-refractivity contribution is -0.0504. The fourth-order valence-corrected chi connectivity index (χ4v) is 2.40. The molecule has 0 heterocycles. The lowest BCUT2D eigenvalue weighted by Gasteiger charge is -2.11. The minimum Gasteiger partial charge on any atom is -0.495 e. The Morgan fingerprint density at radius 3 is 2.60 bits per heavy atom. The highest BCUT2D eigenvalue weighted by Gasteiger charge is 2.10. The quantitative estimate of drug-likeness (QED) is 0.592. The molecule has 0 saturated carbocycles. The summed E-state index contributed by atoms with van der Waals surface area (Å²) in [6.07, 6.45) is 0. The van der Waals surface area contributed by atoms with Crippen molar-refractivity contribution in [2.75, 3.05) is 12.4 Å². The van der Waals surface area contributed by atoms with E-state index in [1.807, 2.05) is 6.92 Å². The van der Waals surface area contributed by atoms with E-state index in [4.69, 9.17) is 22.1 Å². The Kier molecular flexibility index (Phi) is 6.41. The lowest BCUT2D eigenvalue weighted by Crippen LogP contribution is -2.22. The topological polar surface area (TPSA) is 68.9 Å². The van der Waals surface area contributed by atoms with Gasteiger partial charge in [-0.25, -0.2) is 4.99 Å². The predicted octanol–water partition coefficient (Wildman–Crippen LogP) is 4.19. The number of nitrogens with zero attached hydrogens (tertiary/aromatic N) is 1. The summed E-state index contributed by atoms with van der Waals surface area (Å²) in [4.78, 5) is 4.16. The standard InChI is InChI=1S/C17H18ClF2N3O2/c1-10-3-5-14(25-16(19)20)11(7-10)9-22-17(21)23-12-4-6-15(24-2)13(18)8-12/h3-8,16H,9H2,1-2H3,(H3,21,22,23). The highest BCUT2D eigenvalue weighted by molar-refractivity contribution is 6.32. The number of guanidine groups is 1. The zero-order chi connectivity index (χ0) is 18.4. The van der Waals surface area contributed by atoms with Crippen LogP contribution in [-0.4, -0.2) is 19.7 Å². The number of aryl methyl sites for hydroxylation is 1. The number of nitrogens with two attached hydrogens (primary N) is 1. The normalized spacial score (nSPS) is 11.5. The Morgan fingerprint density at radius 2 is 1.96 bits per heavy atom. The van der Waals surface area contributed by atoms with Crippen LogP contribution in [0.5, 0.6) is 11.5 Å². The molecule has 2 rings (SSSR count). The molecule has 0 bridgehead atoms. The number of ether oxygens (including phenoxy) is 2. The maximum Gasteiger partial charge on any atom is 0.387 e. The van der Waals surface area contributed by atoms with E-state index in [1.54, 1.807) is 30.3 Å². The van der Waals surface area contributed by atoms with E-state index in [9.17, 15) is 8.78 Å². The molecule has 0 fully saturated rings. The number of benzene rings is 2. The average Bonchev–Trinajstić information content (AvgIpc) is 2.55. The molecule has 0 unspecified atom stereocenters. The molecule has 25 heavy (non-hydrogen) atoms. The summed E-state index contributed by atoms with van der Waals surface area (Å²) in [6.45, 7) is -0.963. The molecular weight excluding hydrogens is 352 g/mol. The van der Waals surface area contributed by atoms with Gasteiger partial charge < -0.3 is 20.5 Å². The summed E-state index contributed by atoms with van der Waals surface area (Å²) in [5.41, 5.74) is 7.88. The number of methoxy groups -OCH3 is 1. The van der Waals surface area contributed by atoms with Crippen molar-refractivity contribution in [2.24, 2.45) is 10.7 Å². The van der Waals surface area contributed by atoms with Crippen molar-refractivity contribution in [3.05, 3.63) is 52.5 Å². The second-order valence-electron chi connectivity index (χ2n) is 5.17. The first kappa shape index (κ1) is 18.8. The summed E-state index contributed by atoms with van der Waals surface area (Å²) >= 11 is 6.04. The predicted molar refractivity (Wildman–Crippen MR) is 94.8 cm³/mol. The Balaban J connectivity index is 2.10. The third-order valence-corrected chi connectivity index (χ3v) is 3.57. The molecule has 2 aromatic rings. The van der Waals surface area contributed by atoms with Crippen LogP contribution in [0.2, 0.25) is 5.02 Å². The molecule has 0 aliphatic rings. The third kappa shape index (κ3) is 5.49. The van der Waals surface area contributed by atoms with Crippen molar-refractivity contribution in [1.82, 2.24) is 0 Å². The summed E-state index contributed by atoms with van der Waals surface area (Å²) in [6, 6.07) is 9.95. The molecule has 3 N–H and O–H groups in total. The second-order valence-corrected chi connectivity index (χ2v) is 5.57.